The van der Waals surface area contributed by atoms with Crippen molar-refractivity contribution >= 4 is 11.6 Å². The standard InChI is InChI=1S/C9H13ClO3/c1-8(2)12-6-3-4-9(11,5-10)7(6)13-8/h3-4,6-7,11H,5H2,1-2H3/t6-,7-,9-/m0/s1. The van der Waals surface area contributed by atoms with Crippen molar-refractivity contribution in [3.63, 3.8) is 0 Å². The highest BCUT2D eigenvalue weighted by atomic mass is 35.5. The molecule has 0 spiro atoms. The second-order valence-electron chi connectivity index (χ2n) is 4.00. The Morgan fingerprint density at radius 1 is 1.46 bits per heavy atom. The van der Waals surface area contributed by atoms with Gasteiger partial charge in [0.15, 0.2) is 5.79 Å². The van der Waals surface area contributed by atoms with Gasteiger partial charge in [-0.2, -0.15) is 0 Å². The number of rotatable bonds is 1. The van der Waals surface area contributed by atoms with Crippen LogP contribution in [0.3, 0.4) is 0 Å². The second kappa shape index (κ2) is 2.70. The maximum atomic E-state index is 9.98. The number of hydrogen-bond acceptors (Lipinski definition) is 3. The van der Waals surface area contributed by atoms with E-state index in [1.807, 2.05) is 19.9 Å². The fourth-order valence-corrected chi connectivity index (χ4v) is 2.03. The molecule has 13 heavy (non-hydrogen) atoms. The van der Waals surface area contributed by atoms with E-state index in [-0.39, 0.29) is 18.1 Å². The number of aliphatic hydroxyl groups is 1. The molecule has 0 amide bonds. The third kappa shape index (κ3) is 1.40. The lowest BCUT2D eigenvalue weighted by Crippen LogP contribution is -2.43. The molecule has 0 radical (unpaired) electrons. The first-order valence-corrected chi connectivity index (χ1v) is 4.84. The molecule has 4 heteroatoms. The van der Waals surface area contributed by atoms with Crippen LogP contribution in [0.5, 0.6) is 0 Å². The van der Waals surface area contributed by atoms with E-state index in [0.29, 0.717) is 0 Å². The van der Waals surface area contributed by atoms with Crippen LogP contribution in [0.25, 0.3) is 0 Å². The van der Waals surface area contributed by atoms with Crippen LogP contribution in [0.15, 0.2) is 12.2 Å². The average Bonchev–Trinajstić information content (AvgIpc) is 2.49. The van der Waals surface area contributed by atoms with Crippen molar-refractivity contribution in [1.82, 2.24) is 0 Å². The molecular weight excluding hydrogens is 192 g/mol. The van der Waals surface area contributed by atoms with E-state index in [9.17, 15) is 5.11 Å². The molecule has 0 bridgehead atoms. The van der Waals surface area contributed by atoms with Crippen LogP contribution in [-0.2, 0) is 9.47 Å². The highest BCUT2D eigenvalue weighted by molar-refractivity contribution is 6.18. The van der Waals surface area contributed by atoms with Gasteiger partial charge in [-0.15, -0.1) is 11.6 Å². The van der Waals surface area contributed by atoms with Crippen molar-refractivity contribution in [2.45, 2.75) is 37.4 Å². The minimum atomic E-state index is -1.07. The fraction of sp³-hybridized carbons (Fsp3) is 0.778. The van der Waals surface area contributed by atoms with E-state index < -0.39 is 11.4 Å². The van der Waals surface area contributed by atoms with Gasteiger partial charge < -0.3 is 14.6 Å². The SMILES string of the molecule is CC1(C)O[C@H]2C=C[C@](O)(CCl)[C@H]2O1. The van der Waals surface area contributed by atoms with Gasteiger partial charge in [0.2, 0.25) is 0 Å². The topological polar surface area (TPSA) is 38.7 Å². The van der Waals surface area contributed by atoms with Gasteiger partial charge in [-0.1, -0.05) is 12.2 Å². The highest BCUT2D eigenvalue weighted by Crippen LogP contribution is 2.39. The Labute approximate surface area is 82.3 Å². The Bertz CT molecular complexity index is 251. The van der Waals surface area contributed by atoms with Gasteiger partial charge >= 0.3 is 0 Å². The minimum absolute atomic E-state index is 0.129. The van der Waals surface area contributed by atoms with E-state index in [1.54, 1.807) is 6.08 Å². The van der Waals surface area contributed by atoms with Crippen LogP contribution in [0.1, 0.15) is 13.8 Å². The molecule has 74 valence electrons. The summed E-state index contributed by atoms with van der Waals surface area (Å²) in [5.41, 5.74) is -1.07. The van der Waals surface area contributed by atoms with Crippen molar-refractivity contribution in [2.75, 3.05) is 5.88 Å². The van der Waals surface area contributed by atoms with Crippen molar-refractivity contribution in [1.29, 1.82) is 0 Å². The zero-order valence-electron chi connectivity index (χ0n) is 7.66. The molecular formula is C9H13ClO3. The van der Waals surface area contributed by atoms with Crippen LogP contribution < -0.4 is 0 Å². The second-order valence-corrected chi connectivity index (χ2v) is 4.27. The molecule has 0 aromatic heterocycles. The molecule has 3 nitrogen and oxygen atoms in total. The largest absolute Gasteiger partial charge is 0.382 e. The Hall–Kier alpha value is -0.0900. The summed E-state index contributed by atoms with van der Waals surface area (Å²) >= 11 is 5.67. The van der Waals surface area contributed by atoms with Gasteiger partial charge in [0.05, 0.1) is 5.88 Å². The fourth-order valence-electron chi connectivity index (χ4n) is 1.79. The van der Waals surface area contributed by atoms with Crippen LogP contribution >= 0.6 is 11.6 Å². The van der Waals surface area contributed by atoms with Gasteiger partial charge in [-0.25, -0.2) is 0 Å². The summed E-state index contributed by atoms with van der Waals surface area (Å²) in [6.07, 6.45) is 2.94. The van der Waals surface area contributed by atoms with Crippen LogP contribution in [0.2, 0.25) is 0 Å². The van der Waals surface area contributed by atoms with Crippen LogP contribution in [0.4, 0.5) is 0 Å². The highest BCUT2D eigenvalue weighted by Gasteiger charge is 2.53. The summed E-state index contributed by atoms with van der Waals surface area (Å²) in [5, 5.41) is 9.98. The molecule has 0 aromatic rings. The van der Waals surface area contributed by atoms with Crippen LogP contribution in [0, 0.1) is 0 Å². The first-order valence-electron chi connectivity index (χ1n) is 4.30. The summed E-state index contributed by atoms with van der Waals surface area (Å²) in [6.45, 7) is 3.65. The summed E-state index contributed by atoms with van der Waals surface area (Å²) < 4.78 is 11.1. The third-order valence-electron chi connectivity index (χ3n) is 2.41. The van der Waals surface area contributed by atoms with E-state index >= 15 is 0 Å². The molecule has 1 fully saturated rings. The van der Waals surface area contributed by atoms with Crippen molar-refractivity contribution in [3.8, 4) is 0 Å². The van der Waals surface area contributed by atoms with Gasteiger partial charge in [0.1, 0.15) is 17.8 Å². The number of fused-ring (bicyclic) bond motifs is 1. The van der Waals surface area contributed by atoms with E-state index in [4.69, 9.17) is 21.1 Å². The number of alkyl halides is 1. The van der Waals surface area contributed by atoms with Crippen molar-refractivity contribution in [2.24, 2.45) is 0 Å². The maximum Gasteiger partial charge on any atom is 0.164 e. The zero-order chi connectivity index (χ0) is 9.69. The quantitative estimate of drug-likeness (QED) is 0.513. The van der Waals surface area contributed by atoms with Gasteiger partial charge in [-0.3, -0.25) is 0 Å². The predicted molar refractivity (Wildman–Crippen MR) is 48.6 cm³/mol. The third-order valence-corrected chi connectivity index (χ3v) is 2.84. The molecule has 0 unspecified atom stereocenters. The van der Waals surface area contributed by atoms with Gasteiger partial charge in [-0.05, 0) is 13.8 Å². The monoisotopic (exact) mass is 204 g/mol. The maximum absolute atomic E-state index is 9.98. The Morgan fingerprint density at radius 3 is 2.77 bits per heavy atom. The van der Waals surface area contributed by atoms with E-state index in [0.717, 1.165) is 0 Å². The lowest BCUT2D eigenvalue weighted by molar-refractivity contribution is -0.161. The van der Waals surface area contributed by atoms with Gasteiger partial charge in [0.25, 0.3) is 0 Å². The van der Waals surface area contributed by atoms with E-state index in [2.05, 4.69) is 0 Å². The Morgan fingerprint density at radius 2 is 2.15 bits per heavy atom. The molecule has 1 N–H and O–H groups in total. The number of hydrogen-bond donors (Lipinski definition) is 1. The van der Waals surface area contributed by atoms with Crippen molar-refractivity contribution < 1.29 is 14.6 Å². The molecule has 1 heterocycles. The number of ether oxygens (including phenoxy) is 2. The summed E-state index contributed by atoms with van der Waals surface area (Å²) in [5.74, 6) is -0.496. The van der Waals surface area contributed by atoms with Crippen LogP contribution in [-0.4, -0.2) is 34.6 Å². The molecule has 1 saturated heterocycles. The Kier molecular flexibility index (Phi) is 1.97. The van der Waals surface area contributed by atoms with E-state index in [1.165, 1.54) is 0 Å². The molecule has 0 aromatic carbocycles. The first-order chi connectivity index (χ1) is 5.97. The lowest BCUT2D eigenvalue weighted by Gasteiger charge is -2.26. The first kappa shape index (κ1) is 9.46. The minimum Gasteiger partial charge on any atom is -0.382 e. The number of halogens is 1. The van der Waals surface area contributed by atoms with Gasteiger partial charge in [0, 0.05) is 0 Å². The molecule has 1 aliphatic heterocycles. The molecule has 2 aliphatic rings. The zero-order valence-corrected chi connectivity index (χ0v) is 8.41. The molecule has 0 saturated carbocycles. The average molecular weight is 205 g/mol. The Balaban J connectivity index is 2.21. The smallest absolute Gasteiger partial charge is 0.164 e. The molecule has 2 rings (SSSR count). The van der Waals surface area contributed by atoms with Crippen molar-refractivity contribution in [3.05, 3.63) is 12.2 Å². The predicted octanol–water partition coefficient (Wildman–Crippen LogP) is 1.05. The normalized spacial score (nSPS) is 46.8. The summed E-state index contributed by atoms with van der Waals surface area (Å²) in [7, 11) is 0. The summed E-state index contributed by atoms with van der Waals surface area (Å²) in [6, 6.07) is 0. The lowest BCUT2D eigenvalue weighted by atomic mass is 10.0. The molecule has 1 aliphatic carbocycles. The molecule has 3 atom stereocenters. The summed E-state index contributed by atoms with van der Waals surface area (Å²) in [4.78, 5) is 0.